The average Bonchev–Trinajstić information content (AvgIpc) is 2.90. The first-order valence-electron chi connectivity index (χ1n) is 6.76. The van der Waals surface area contributed by atoms with Gasteiger partial charge in [0.2, 0.25) is 0 Å². The molecule has 1 aliphatic heterocycles. The Kier molecular flexibility index (Phi) is 3.17. The van der Waals surface area contributed by atoms with E-state index < -0.39 is 0 Å². The molecule has 0 aliphatic carbocycles. The standard InChI is InChI=1S/C15H17FN2OS/c1-8-6-9(2)18(7-8)15(19)14-13(17)12-10(16)4-3-5-11(12)20-14/h3-5,8-9H,6-7,17H2,1-2H3. The smallest absolute Gasteiger partial charge is 0.266 e. The van der Waals surface area contributed by atoms with Gasteiger partial charge in [0, 0.05) is 17.3 Å². The summed E-state index contributed by atoms with van der Waals surface area (Å²) >= 11 is 1.28. The van der Waals surface area contributed by atoms with Crippen LogP contribution in [-0.4, -0.2) is 23.4 Å². The lowest BCUT2D eigenvalue weighted by Gasteiger charge is -2.20. The summed E-state index contributed by atoms with van der Waals surface area (Å²) in [5.74, 6) is 0.0689. The van der Waals surface area contributed by atoms with Crippen LogP contribution in [0.15, 0.2) is 18.2 Å². The minimum Gasteiger partial charge on any atom is -0.397 e. The molecule has 1 aliphatic rings. The molecule has 20 heavy (non-hydrogen) atoms. The van der Waals surface area contributed by atoms with E-state index in [2.05, 4.69) is 6.92 Å². The molecule has 2 aromatic rings. The van der Waals surface area contributed by atoms with E-state index in [4.69, 9.17) is 5.73 Å². The van der Waals surface area contributed by atoms with E-state index in [1.54, 1.807) is 12.1 Å². The summed E-state index contributed by atoms with van der Waals surface area (Å²) in [5, 5.41) is 0.376. The second kappa shape index (κ2) is 4.74. The largest absolute Gasteiger partial charge is 0.397 e. The first-order chi connectivity index (χ1) is 9.49. The van der Waals surface area contributed by atoms with Crippen molar-refractivity contribution in [2.45, 2.75) is 26.3 Å². The lowest BCUT2D eigenvalue weighted by Crippen LogP contribution is -2.33. The summed E-state index contributed by atoms with van der Waals surface area (Å²) in [6.07, 6.45) is 1.00. The van der Waals surface area contributed by atoms with Crippen molar-refractivity contribution in [1.29, 1.82) is 0 Å². The highest BCUT2D eigenvalue weighted by atomic mass is 32.1. The van der Waals surface area contributed by atoms with E-state index in [0.29, 0.717) is 16.2 Å². The van der Waals surface area contributed by atoms with Gasteiger partial charge in [-0.3, -0.25) is 4.79 Å². The molecule has 1 aromatic carbocycles. The van der Waals surface area contributed by atoms with Crippen molar-refractivity contribution < 1.29 is 9.18 Å². The van der Waals surface area contributed by atoms with E-state index in [9.17, 15) is 9.18 Å². The van der Waals surface area contributed by atoms with Crippen LogP contribution in [0.4, 0.5) is 10.1 Å². The van der Waals surface area contributed by atoms with Crippen LogP contribution < -0.4 is 5.73 Å². The number of rotatable bonds is 1. The maximum Gasteiger partial charge on any atom is 0.266 e. The molecule has 3 nitrogen and oxygen atoms in total. The van der Waals surface area contributed by atoms with Crippen LogP contribution in [0.5, 0.6) is 0 Å². The van der Waals surface area contributed by atoms with Crippen molar-refractivity contribution >= 4 is 33.0 Å². The number of carbonyl (C=O) groups excluding carboxylic acids is 1. The number of thiophene rings is 1. The van der Waals surface area contributed by atoms with Crippen LogP contribution >= 0.6 is 11.3 Å². The van der Waals surface area contributed by atoms with Crippen molar-refractivity contribution in [2.24, 2.45) is 5.92 Å². The average molecular weight is 292 g/mol. The zero-order valence-electron chi connectivity index (χ0n) is 11.5. The number of halogens is 1. The highest BCUT2D eigenvalue weighted by Gasteiger charge is 2.32. The zero-order chi connectivity index (χ0) is 14.4. The van der Waals surface area contributed by atoms with Gasteiger partial charge < -0.3 is 10.6 Å². The SMILES string of the molecule is CC1CC(C)N(C(=O)c2sc3cccc(F)c3c2N)C1. The molecule has 2 heterocycles. The Morgan fingerprint density at radius 2 is 2.20 bits per heavy atom. The maximum atomic E-state index is 13.8. The van der Waals surface area contributed by atoms with Crippen molar-refractivity contribution in [3.05, 3.63) is 28.9 Å². The number of nitrogens with two attached hydrogens (primary N) is 1. The highest BCUT2D eigenvalue weighted by Crippen LogP contribution is 2.37. The summed E-state index contributed by atoms with van der Waals surface area (Å²) in [4.78, 5) is 15.0. The van der Waals surface area contributed by atoms with E-state index in [1.807, 2.05) is 11.8 Å². The third kappa shape index (κ3) is 1.97. The van der Waals surface area contributed by atoms with Gasteiger partial charge in [0.1, 0.15) is 10.7 Å². The Balaban J connectivity index is 2.04. The number of benzene rings is 1. The van der Waals surface area contributed by atoms with E-state index >= 15 is 0 Å². The van der Waals surface area contributed by atoms with Gasteiger partial charge in [0.05, 0.1) is 11.1 Å². The first-order valence-corrected chi connectivity index (χ1v) is 7.58. The summed E-state index contributed by atoms with van der Waals surface area (Å²) in [7, 11) is 0. The van der Waals surface area contributed by atoms with Gasteiger partial charge in [-0.2, -0.15) is 0 Å². The molecule has 1 aromatic heterocycles. The van der Waals surface area contributed by atoms with Crippen LogP contribution in [0.3, 0.4) is 0 Å². The molecule has 0 bridgehead atoms. The fourth-order valence-corrected chi connectivity index (χ4v) is 4.09. The molecule has 2 N–H and O–H groups in total. The molecule has 106 valence electrons. The van der Waals surface area contributed by atoms with Crippen LogP contribution in [-0.2, 0) is 0 Å². The quantitative estimate of drug-likeness (QED) is 0.874. The molecule has 3 rings (SSSR count). The number of amides is 1. The Bertz CT molecular complexity index is 682. The van der Waals surface area contributed by atoms with E-state index in [-0.39, 0.29) is 23.5 Å². The lowest BCUT2D eigenvalue weighted by atomic mass is 10.1. The van der Waals surface area contributed by atoms with Crippen LogP contribution in [0.25, 0.3) is 10.1 Å². The number of anilines is 1. The number of likely N-dealkylation sites (tertiary alicyclic amines) is 1. The Labute approximate surface area is 121 Å². The molecule has 0 saturated carbocycles. The molecule has 2 atom stereocenters. The summed E-state index contributed by atoms with van der Waals surface area (Å²) in [6, 6.07) is 5.03. The monoisotopic (exact) mass is 292 g/mol. The van der Waals surface area contributed by atoms with Crippen molar-refractivity contribution in [3.63, 3.8) is 0 Å². The van der Waals surface area contributed by atoms with Gasteiger partial charge in [0.25, 0.3) is 5.91 Å². The number of hydrogen-bond donors (Lipinski definition) is 1. The zero-order valence-corrected chi connectivity index (χ0v) is 12.3. The van der Waals surface area contributed by atoms with Gasteiger partial charge in [-0.25, -0.2) is 4.39 Å². The normalized spacial score (nSPS) is 22.6. The second-order valence-electron chi connectivity index (χ2n) is 5.61. The number of nitrogen functional groups attached to an aromatic ring is 1. The first kappa shape index (κ1) is 13.4. The molecular weight excluding hydrogens is 275 g/mol. The Morgan fingerprint density at radius 3 is 2.80 bits per heavy atom. The minimum atomic E-state index is -0.363. The lowest BCUT2D eigenvalue weighted by molar-refractivity contribution is 0.0749. The topological polar surface area (TPSA) is 46.3 Å². The highest BCUT2D eigenvalue weighted by molar-refractivity contribution is 7.21. The number of hydrogen-bond acceptors (Lipinski definition) is 3. The Hall–Kier alpha value is -1.62. The molecule has 1 fully saturated rings. The van der Waals surface area contributed by atoms with Gasteiger partial charge in [0.15, 0.2) is 0 Å². The minimum absolute atomic E-state index is 0.0695. The van der Waals surface area contributed by atoms with Gasteiger partial charge >= 0.3 is 0 Å². The summed E-state index contributed by atoms with van der Waals surface area (Å²) in [6.45, 7) is 4.93. The fraction of sp³-hybridized carbons (Fsp3) is 0.400. The molecule has 1 amide bonds. The fourth-order valence-electron chi connectivity index (χ4n) is 3.00. The third-order valence-corrected chi connectivity index (χ3v) is 5.10. The second-order valence-corrected chi connectivity index (χ2v) is 6.66. The van der Waals surface area contributed by atoms with Crippen LogP contribution in [0.1, 0.15) is 29.9 Å². The van der Waals surface area contributed by atoms with E-state index in [0.717, 1.165) is 17.7 Å². The van der Waals surface area contributed by atoms with E-state index in [1.165, 1.54) is 17.4 Å². The third-order valence-electron chi connectivity index (χ3n) is 3.94. The molecular formula is C15H17FN2OS. The predicted octanol–water partition coefficient (Wildman–Crippen LogP) is 3.49. The summed E-state index contributed by atoms with van der Waals surface area (Å²) < 4.78 is 14.6. The van der Waals surface area contributed by atoms with Gasteiger partial charge in [-0.15, -0.1) is 11.3 Å². The van der Waals surface area contributed by atoms with Crippen LogP contribution in [0, 0.1) is 11.7 Å². The molecule has 0 radical (unpaired) electrons. The maximum absolute atomic E-state index is 13.8. The Morgan fingerprint density at radius 1 is 1.45 bits per heavy atom. The van der Waals surface area contributed by atoms with Crippen LogP contribution in [0.2, 0.25) is 0 Å². The molecule has 5 heteroatoms. The molecule has 1 saturated heterocycles. The molecule has 2 unspecified atom stereocenters. The van der Waals surface area contributed by atoms with Crippen molar-refractivity contribution in [1.82, 2.24) is 4.90 Å². The number of fused-ring (bicyclic) bond motifs is 1. The number of carbonyl (C=O) groups is 1. The summed E-state index contributed by atoms with van der Waals surface area (Å²) in [5.41, 5.74) is 6.29. The van der Waals surface area contributed by atoms with Crippen molar-refractivity contribution in [3.8, 4) is 0 Å². The molecule has 0 spiro atoms. The number of nitrogens with zero attached hydrogens (tertiary/aromatic N) is 1. The van der Waals surface area contributed by atoms with Crippen molar-refractivity contribution in [2.75, 3.05) is 12.3 Å². The van der Waals surface area contributed by atoms with Gasteiger partial charge in [-0.1, -0.05) is 13.0 Å². The van der Waals surface area contributed by atoms with Gasteiger partial charge in [-0.05, 0) is 31.4 Å². The predicted molar refractivity (Wildman–Crippen MR) is 80.5 cm³/mol.